The van der Waals surface area contributed by atoms with Gasteiger partial charge in [-0.1, -0.05) is 18.2 Å². The molecule has 0 spiro atoms. The average molecular weight is 368 g/mol. The number of para-hydroxylation sites is 2. The fraction of sp³-hybridized carbons (Fsp3) is 0.0714. The van der Waals surface area contributed by atoms with Gasteiger partial charge in [0.25, 0.3) is 5.91 Å². The van der Waals surface area contributed by atoms with E-state index in [4.69, 9.17) is 10.5 Å². The summed E-state index contributed by atoms with van der Waals surface area (Å²) in [6.07, 6.45) is 0. The number of anilines is 2. The van der Waals surface area contributed by atoms with Gasteiger partial charge in [0.15, 0.2) is 0 Å². The summed E-state index contributed by atoms with van der Waals surface area (Å²) in [5.74, 6) is 0.246. The van der Waals surface area contributed by atoms with E-state index in [1.807, 2.05) is 24.3 Å². The van der Waals surface area contributed by atoms with Crippen molar-refractivity contribution in [3.63, 3.8) is 0 Å². The number of halogens is 1. The summed E-state index contributed by atoms with van der Waals surface area (Å²) in [7, 11) is 1.52. The highest BCUT2D eigenvalue weighted by atomic mass is 127. The van der Waals surface area contributed by atoms with Gasteiger partial charge in [-0.25, -0.2) is 0 Å². The Labute approximate surface area is 125 Å². The smallest absolute Gasteiger partial charge is 0.257 e. The fourth-order valence-electron chi connectivity index (χ4n) is 1.67. The van der Waals surface area contributed by atoms with Crippen LogP contribution in [0.2, 0.25) is 0 Å². The molecule has 19 heavy (non-hydrogen) atoms. The number of carbonyl (C=O) groups excluding carboxylic acids is 1. The number of nitrogens with one attached hydrogen (secondary N) is 1. The summed E-state index contributed by atoms with van der Waals surface area (Å²) in [6, 6.07) is 12.7. The summed E-state index contributed by atoms with van der Waals surface area (Å²) >= 11 is 2.17. The van der Waals surface area contributed by atoms with Crippen molar-refractivity contribution < 1.29 is 9.53 Å². The van der Waals surface area contributed by atoms with E-state index in [1.54, 1.807) is 18.2 Å². The third kappa shape index (κ3) is 2.98. The molecular weight excluding hydrogens is 355 g/mol. The van der Waals surface area contributed by atoms with Crippen molar-refractivity contribution >= 4 is 39.9 Å². The third-order valence-electron chi connectivity index (χ3n) is 2.65. The first-order valence-corrected chi connectivity index (χ1v) is 6.69. The molecule has 1 amide bonds. The van der Waals surface area contributed by atoms with Gasteiger partial charge in [-0.3, -0.25) is 4.79 Å². The minimum Gasteiger partial charge on any atom is -0.495 e. The summed E-state index contributed by atoms with van der Waals surface area (Å²) in [4.78, 5) is 12.2. The quantitative estimate of drug-likeness (QED) is 0.646. The van der Waals surface area contributed by atoms with E-state index < -0.39 is 0 Å². The number of rotatable bonds is 3. The monoisotopic (exact) mass is 368 g/mol. The van der Waals surface area contributed by atoms with Crippen LogP contribution < -0.4 is 15.8 Å². The highest BCUT2D eigenvalue weighted by Gasteiger charge is 2.13. The van der Waals surface area contributed by atoms with Gasteiger partial charge in [0.05, 0.1) is 24.0 Å². The number of ether oxygens (including phenoxy) is 1. The van der Waals surface area contributed by atoms with Crippen LogP contribution in [0.3, 0.4) is 0 Å². The molecule has 3 N–H and O–H groups in total. The van der Waals surface area contributed by atoms with Crippen LogP contribution in [0.15, 0.2) is 42.5 Å². The molecule has 0 heterocycles. The molecule has 0 radical (unpaired) electrons. The highest BCUT2D eigenvalue weighted by molar-refractivity contribution is 14.1. The molecule has 5 heteroatoms. The van der Waals surface area contributed by atoms with Crippen molar-refractivity contribution in [3.05, 3.63) is 51.6 Å². The molecule has 98 valence electrons. The van der Waals surface area contributed by atoms with E-state index >= 15 is 0 Å². The average Bonchev–Trinajstić information content (AvgIpc) is 2.41. The Hall–Kier alpha value is -1.76. The number of carbonyl (C=O) groups is 1. The zero-order valence-electron chi connectivity index (χ0n) is 10.3. The number of nitrogens with two attached hydrogens (primary N) is 1. The van der Waals surface area contributed by atoms with Gasteiger partial charge >= 0.3 is 0 Å². The van der Waals surface area contributed by atoms with E-state index in [0.29, 0.717) is 17.0 Å². The maximum Gasteiger partial charge on any atom is 0.257 e. The Morgan fingerprint density at radius 2 is 1.95 bits per heavy atom. The highest BCUT2D eigenvalue weighted by Crippen LogP contribution is 2.26. The van der Waals surface area contributed by atoms with Gasteiger partial charge in [-0.05, 0) is 46.9 Å². The van der Waals surface area contributed by atoms with Crippen LogP contribution >= 0.6 is 22.6 Å². The first-order chi connectivity index (χ1) is 9.13. The van der Waals surface area contributed by atoms with Crippen molar-refractivity contribution in [2.75, 3.05) is 18.2 Å². The number of nitrogen functional groups attached to an aromatic ring is 1. The van der Waals surface area contributed by atoms with Crippen LogP contribution in [-0.2, 0) is 0 Å². The molecule has 0 aliphatic heterocycles. The van der Waals surface area contributed by atoms with Crippen LogP contribution in [0, 0.1) is 3.57 Å². The number of hydrogen-bond acceptors (Lipinski definition) is 3. The standard InChI is InChI=1S/C14H13IN2O2/c1-19-12-8-4-5-9(13(12)16)14(18)17-11-7-3-2-6-10(11)15/h2-8H,16H2,1H3,(H,17,18). The molecule has 4 nitrogen and oxygen atoms in total. The van der Waals surface area contributed by atoms with E-state index in [0.717, 1.165) is 9.26 Å². The van der Waals surface area contributed by atoms with Gasteiger partial charge in [0.2, 0.25) is 0 Å². The lowest BCUT2D eigenvalue weighted by molar-refractivity contribution is 0.102. The summed E-state index contributed by atoms with van der Waals surface area (Å²) in [5.41, 5.74) is 7.40. The van der Waals surface area contributed by atoms with E-state index in [1.165, 1.54) is 7.11 Å². The molecule has 0 saturated carbocycles. The lowest BCUT2D eigenvalue weighted by Gasteiger charge is -2.11. The molecule has 0 fully saturated rings. The lowest BCUT2D eigenvalue weighted by Crippen LogP contribution is -2.15. The first-order valence-electron chi connectivity index (χ1n) is 5.62. The molecule has 2 aromatic rings. The summed E-state index contributed by atoms with van der Waals surface area (Å²) in [6.45, 7) is 0. The zero-order chi connectivity index (χ0) is 13.8. The van der Waals surface area contributed by atoms with Crippen LogP contribution in [-0.4, -0.2) is 13.0 Å². The second-order valence-electron chi connectivity index (χ2n) is 3.86. The van der Waals surface area contributed by atoms with Crippen molar-refractivity contribution in [1.29, 1.82) is 0 Å². The maximum absolute atomic E-state index is 12.2. The number of hydrogen-bond donors (Lipinski definition) is 2. The van der Waals surface area contributed by atoms with Crippen LogP contribution in [0.5, 0.6) is 5.75 Å². The zero-order valence-corrected chi connectivity index (χ0v) is 12.5. The van der Waals surface area contributed by atoms with Crippen molar-refractivity contribution in [2.24, 2.45) is 0 Å². The minimum atomic E-state index is -0.250. The lowest BCUT2D eigenvalue weighted by atomic mass is 10.1. The SMILES string of the molecule is COc1cccc(C(=O)Nc2ccccc2I)c1N. The molecule has 2 rings (SSSR count). The molecule has 0 atom stereocenters. The normalized spacial score (nSPS) is 10.0. The Bertz CT molecular complexity index is 614. The Morgan fingerprint density at radius 1 is 1.21 bits per heavy atom. The predicted molar refractivity (Wildman–Crippen MR) is 84.5 cm³/mol. The van der Waals surface area contributed by atoms with Gasteiger partial charge < -0.3 is 15.8 Å². The third-order valence-corrected chi connectivity index (χ3v) is 3.59. The molecule has 0 saturated heterocycles. The number of benzene rings is 2. The number of methoxy groups -OCH3 is 1. The van der Waals surface area contributed by atoms with Gasteiger partial charge in [0.1, 0.15) is 5.75 Å². The van der Waals surface area contributed by atoms with Gasteiger partial charge in [-0.15, -0.1) is 0 Å². The van der Waals surface area contributed by atoms with E-state index in [9.17, 15) is 4.79 Å². The Balaban J connectivity index is 2.28. The minimum absolute atomic E-state index is 0.250. The molecular formula is C14H13IN2O2. The summed E-state index contributed by atoms with van der Waals surface area (Å²) in [5, 5.41) is 2.84. The van der Waals surface area contributed by atoms with E-state index in [2.05, 4.69) is 27.9 Å². The Morgan fingerprint density at radius 3 is 2.63 bits per heavy atom. The summed E-state index contributed by atoms with van der Waals surface area (Å²) < 4.78 is 6.07. The second kappa shape index (κ2) is 5.92. The van der Waals surface area contributed by atoms with Crippen molar-refractivity contribution in [3.8, 4) is 5.75 Å². The maximum atomic E-state index is 12.2. The molecule has 0 aliphatic rings. The molecule has 0 aromatic heterocycles. The van der Waals surface area contributed by atoms with Crippen molar-refractivity contribution in [1.82, 2.24) is 0 Å². The molecule has 2 aromatic carbocycles. The van der Waals surface area contributed by atoms with Crippen molar-refractivity contribution in [2.45, 2.75) is 0 Å². The number of amides is 1. The van der Waals surface area contributed by atoms with Crippen LogP contribution in [0.1, 0.15) is 10.4 Å². The first kappa shape index (κ1) is 13.7. The van der Waals surface area contributed by atoms with Crippen LogP contribution in [0.25, 0.3) is 0 Å². The predicted octanol–water partition coefficient (Wildman–Crippen LogP) is 3.13. The fourth-order valence-corrected chi connectivity index (χ4v) is 2.19. The Kier molecular flexibility index (Phi) is 4.26. The molecule has 0 bridgehead atoms. The van der Waals surface area contributed by atoms with E-state index in [-0.39, 0.29) is 5.91 Å². The topological polar surface area (TPSA) is 64.3 Å². The molecule has 0 unspecified atom stereocenters. The molecule has 0 aliphatic carbocycles. The van der Waals surface area contributed by atoms with Crippen LogP contribution in [0.4, 0.5) is 11.4 Å². The van der Waals surface area contributed by atoms with Gasteiger partial charge in [0, 0.05) is 3.57 Å². The van der Waals surface area contributed by atoms with Gasteiger partial charge in [-0.2, -0.15) is 0 Å². The second-order valence-corrected chi connectivity index (χ2v) is 5.02. The largest absolute Gasteiger partial charge is 0.495 e.